The van der Waals surface area contributed by atoms with Crippen LogP contribution in [0.5, 0.6) is 0 Å². The van der Waals surface area contributed by atoms with Crippen molar-refractivity contribution in [2.75, 3.05) is 13.6 Å². The van der Waals surface area contributed by atoms with Gasteiger partial charge in [-0.1, -0.05) is 0 Å². The summed E-state index contributed by atoms with van der Waals surface area (Å²) in [6.07, 6.45) is 0.720. The average Bonchev–Trinajstić information content (AvgIpc) is 2.59. The highest BCUT2D eigenvalue weighted by atomic mass is 19.1. The fourth-order valence-electron chi connectivity index (χ4n) is 2.20. The molecule has 1 fully saturated rings. The summed E-state index contributed by atoms with van der Waals surface area (Å²) in [5.74, 6) is -1.18. The molecule has 2 rings (SSSR count). The molecule has 0 aliphatic carbocycles. The van der Waals surface area contributed by atoms with E-state index < -0.39 is 11.6 Å². The monoisotopic (exact) mass is 254 g/mol. The first-order chi connectivity index (χ1) is 8.47. The molecule has 0 bridgehead atoms. The molecule has 2 unspecified atom stereocenters. The maximum absolute atomic E-state index is 13.1. The highest BCUT2D eigenvalue weighted by Gasteiger charge is 2.30. The van der Waals surface area contributed by atoms with Gasteiger partial charge in [-0.25, -0.2) is 8.78 Å². The molecule has 0 aromatic heterocycles. The largest absolute Gasteiger partial charge is 0.344 e. The number of carbonyl (C=O) groups excluding carboxylic acids is 1. The topological polar surface area (TPSA) is 32.3 Å². The fourth-order valence-corrected chi connectivity index (χ4v) is 2.20. The molecule has 1 amide bonds. The smallest absolute Gasteiger partial charge is 0.239 e. The molecule has 1 aliphatic rings. The van der Waals surface area contributed by atoms with E-state index in [0.717, 1.165) is 12.5 Å². The number of benzene rings is 1. The third-order valence-corrected chi connectivity index (χ3v) is 3.26. The van der Waals surface area contributed by atoms with E-state index in [1.165, 1.54) is 12.1 Å². The van der Waals surface area contributed by atoms with Crippen LogP contribution in [0.25, 0.3) is 0 Å². The Balaban J connectivity index is 2.08. The van der Waals surface area contributed by atoms with Crippen molar-refractivity contribution in [2.24, 2.45) is 0 Å². The zero-order chi connectivity index (χ0) is 13.3. The number of nitrogens with zero attached hydrogens (tertiary/aromatic N) is 1. The first-order valence-corrected chi connectivity index (χ1v) is 5.94. The van der Waals surface area contributed by atoms with Crippen LogP contribution in [-0.2, 0) is 4.79 Å². The van der Waals surface area contributed by atoms with Crippen molar-refractivity contribution in [1.82, 2.24) is 10.2 Å². The molecular formula is C13H16F2N2O. The molecule has 5 heteroatoms. The van der Waals surface area contributed by atoms with Gasteiger partial charge in [0.2, 0.25) is 5.91 Å². The third kappa shape index (κ3) is 2.67. The fraction of sp³-hybridized carbons (Fsp3) is 0.462. The van der Waals surface area contributed by atoms with Crippen LogP contribution in [0.1, 0.15) is 24.9 Å². The maximum atomic E-state index is 13.1. The number of likely N-dealkylation sites (N-methyl/N-ethyl adjacent to an activating group) is 1. The van der Waals surface area contributed by atoms with Gasteiger partial charge in [0.1, 0.15) is 11.6 Å². The van der Waals surface area contributed by atoms with E-state index in [1.807, 2.05) is 0 Å². The number of carbonyl (C=O) groups is 1. The molecule has 2 atom stereocenters. The SMILES string of the molecule is CC(NC1CCN(C)C1=O)c1cc(F)cc(F)c1. The predicted octanol–water partition coefficient (Wildman–Crippen LogP) is 1.85. The highest BCUT2D eigenvalue weighted by molar-refractivity contribution is 5.83. The molecule has 3 nitrogen and oxygen atoms in total. The summed E-state index contributed by atoms with van der Waals surface area (Å²) in [5.41, 5.74) is 0.509. The van der Waals surface area contributed by atoms with Crippen LogP contribution >= 0.6 is 0 Å². The summed E-state index contributed by atoms with van der Waals surface area (Å²) in [4.78, 5) is 13.4. The van der Waals surface area contributed by atoms with Gasteiger partial charge in [0.05, 0.1) is 6.04 Å². The summed E-state index contributed by atoms with van der Waals surface area (Å²) in [7, 11) is 1.75. The van der Waals surface area contributed by atoms with Gasteiger partial charge in [-0.3, -0.25) is 10.1 Å². The molecule has 18 heavy (non-hydrogen) atoms. The van der Waals surface area contributed by atoms with Gasteiger partial charge in [-0.15, -0.1) is 0 Å². The summed E-state index contributed by atoms with van der Waals surface area (Å²) in [6, 6.07) is 2.87. The zero-order valence-electron chi connectivity index (χ0n) is 10.4. The molecule has 1 saturated heterocycles. The van der Waals surface area contributed by atoms with E-state index in [2.05, 4.69) is 5.32 Å². The Bertz CT molecular complexity index is 444. The van der Waals surface area contributed by atoms with Crippen molar-refractivity contribution in [2.45, 2.75) is 25.4 Å². The molecular weight excluding hydrogens is 238 g/mol. The Kier molecular flexibility index (Phi) is 3.61. The molecule has 1 N–H and O–H groups in total. The molecule has 1 aliphatic heterocycles. The maximum Gasteiger partial charge on any atom is 0.239 e. The number of nitrogens with one attached hydrogen (secondary N) is 1. The lowest BCUT2D eigenvalue weighted by molar-refractivity contribution is -0.128. The summed E-state index contributed by atoms with van der Waals surface area (Å²) in [6.45, 7) is 2.50. The third-order valence-electron chi connectivity index (χ3n) is 3.26. The zero-order valence-corrected chi connectivity index (χ0v) is 10.4. The molecule has 1 heterocycles. The van der Waals surface area contributed by atoms with E-state index in [0.29, 0.717) is 12.1 Å². The molecule has 0 saturated carbocycles. The Hall–Kier alpha value is -1.49. The van der Waals surface area contributed by atoms with E-state index in [9.17, 15) is 13.6 Å². The van der Waals surface area contributed by atoms with Gasteiger partial charge in [0, 0.05) is 25.7 Å². The van der Waals surface area contributed by atoms with Crippen molar-refractivity contribution < 1.29 is 13.6 Å². The molecule has 98 valence electrons. The van der Waals surface area contributed by atoms with Crippen molar-refractivity contribution in [3.05, 3.63) is 35.4 Å². The number of amides is 1. The minimum absolute atomic E-state index is 0.0266. The highest BCUT2D eigenvalue weighted by Crippen LogP contribution is 2.19. The van der Waals surface area contributed by atoms with Crippen LogP contribution in [0.3, 0.4) is 0 Å². The second kappa shape index (κ2) is 5.02. The molecule has 1 aromatic carbocycles. The Morgan fingerprint density at radius 2 is 1.94 bits per heavy atom. The Morgan fingerprint density at radius 3 is 2.44 bits per heavy atom. The van der Waals surface area contributed by atoms with E-state index in [4.69, 9.17) is 0 Å². The van der Waals surface area contributed by atoms with Gasteiger partial charge in [0.25, 0.3) is 0 Å². The lowest BCUT2D eigenvalue weighted by Gasteiger charge is -2.19. The first-order valence-electron chi connectivity index (χ1n) is 5.94. The number of likely N-dealkylation sites (tertiary alicyclic amines) is 1. The average molecular weight is 254 g/mol. The second-order valence-electron chi connectivity index (χ2n) is 4.69. The number of hydrogen-bond acceptors (Lipinski definition) is 2. The van der Waals surface area contributed by atoms with Crippen LogP contribution in [0.15, 0.2) is 18.2 Å². The van der Waals surface area contributed by atoms with Gasteiger partial charge in [-0.2, -0.15) is 0 Å². The van der Waals surface area contributed by atoms with Gasteiger partial charge in [0.15, 0.2) is 0 Å². The minimum Gasteiger partial charge on any atom is -0.344 e. The number of halogens is 2. The van der Waals surface area contributed by atoms with Crippen molar-refractivity contribution in [3.63, 3.8) is 0 Å². The standard InChI is InChI=1S/C13H16F2N2O/c1-8(9-5-10(14)7-11(15)6-9)16-12-3-4-17(2)13(12)18/h5-8,12,16H,3-4H2,1-2H3. The molecule has 0 spiro atoms. The lowest BCUT2D eigenvalue weighted by atomic mass is 10.1. The normalized spacial score (nSPS) is 21.4. The van der Waals surface area contributed by atoms with Crippen LogP contribution < -0.4 is 5.32 Å². The number of rotatable bonds is 3. The van der Waals surface area contributed by atoms with E-state index in [1.54, 1.807) is 18.9 Å². The summed E-state index contributed by atoms with van der Waals surface area (Å²) >= 11 is 0. The van der Waals surface area contributed by atoms with Gasteiger partial charge in [-0.05, 0) is 31.0 Å². The van der Waals surface area contributed by atoms with Crippen LogP contribution in [-0.4, -0.2) is 30.4 Å². The molecule has 0 radical (unpaired) electrons. The summed E-state index contributed by atoms with van der Waals surface area (Å²) < 4.78 is 26.2. The van der Waals surface area contributed by atoms with Crippen molar-refractivity contribution >= 4 is 5.91 Å². The lowest BCUT2D eigenvalue weighted by Crippen LogP contribution is -2.38. The predicted molar refractivity (Wildman–Crippen MR) is 64.0 cm³/mol. The Labute approximate surface area is 105 Å². The first kappa shape index (κ1) is 13.0. The minimum atomic E-state index is -0.603. The summed E-state index contributed by atoms with van der Waals surface area (Å²) in [5, 5.41) is 3.11. The second-order valence-corrected chi connectivity index (χ2v) is 4.69. The van der Waals surface area contributed by atoms with Crippen LogP contribution in [0, 0.1) is 11.6 Å². The van der Waals surface area contributed by atoms with Crippen LogP contribution in [0.4, 0.5) is 8.78 Å². The van der Waals surface area contributed by atoms with Crippen LogP contribution in [0.2, 0.25) is 0 Å². The van der Waals surface area contributed by atoms with E-state index in [-0.39, 0.29) is 18.0 Å². The van der Waals surface area contributed by atoms with E-state index >= 15 is 0 Å². The quantitative estimate of drug-likeness (QED) is 0.892. The van der Waals surface area contributed by atoms with Crippen molar-refractivity contribution in [1.29, 1.82) is 0 Å². The van der Waals surface area contributed by atoms with Gasteiger partial charge >= 0.3 is 0 Å². The Morgan fingerprint density at radius 1 is 1.33 bits per heavy atom. The number of hydrogen-bond donors (Lipinski definition) is 1. The van der Waals surface area contributed by atoms with Crippen molar-refractivity contribution in [3.8, 4) is 0 Å². The van der Waals surface area contributed by atoms with Gasteiger partial charge < -0.3 is 4.90 Å². The molecule has 1 aromatic rings.